The van der Waals surface area contributed by atoms with E-state index in [1.807, 2.05) is 24.3 Å². The maximum absolute atomic E-state index is 8.59. The van der Waals surface area contributed by atoms with Crippen molar-refractivity contribution in [3.05, 3.63) is 71.3 Å². The zero-order valence-electron chi connectivity index (χ0n) is 16.9. The second kappa shape index (κ2) is 17.6. The smallest absolute Gasteiger partial charge is 0.0991 e. The van der Waals surface area contributed by atoms with Gasteiger partial charge in [0.25, 0.3) is 0 Å². The molecule has 2 aromatic carbocycles. The monoisotopic (exact) mass is 487 g/mol. The first kappa shape index (κ1) is 33.6. The first-order valence-electron chi connectivity index (χ1n) is 9.41. The van der Waals surface area contributed by atoms with Gasteiger partial charge in [0.1, 0.15) is 0 Å². The molecule has 0 aromatic heterocycles. The molecule has 0 amide bonds. The van der Waals surface area contributed by atoms with Crippen molar-refractivity contribution in [2.45, 2.75) is 80.4 Å². The molecule has 1 radical (unpaired) electrons. The average molecular weight is 488 g/mol. The molecule has 0 bridgehead atoms. The molecule has 2 aromatic rings. The number of nitrogens with zero attached hydrogens (tertiary/aromatic N) is 1. The Hall–Kier alpha value is -1.05. The molecular weight excluding hydrogens is 445 g/mol. The minimum atomic E-state index is 0. The van der Waals surface area contributed by atoms with Crippen LogP contribution in [0.3, 0.4) is 0 Å². The van der Waals surface area contributed by atoms with Crippen LogP contribution in [0.25, 0.3) is 0 Å². The number of nitriles is 1. The molecule has 2 atom stereocenters. The Morgan fingerprint density at radius 1 is 1.00 bits per heavy atom. The van der Waals surface area contributed by atoms with Crippen molar-refractivity contribution in [3.63, 3.8) is 0 Å². The van der Waals surface area contributed by atoms with Gasteiger partial charge in [0.05, 0.1) is 24.5 Å². The van der Waals surface area contributed by atoms with E-state index in [9.17, 15) is 0 Å². The fraction of sp³-hybridized carbons (Fsp3) is 0.500. The molecule has 1 aliphatic carbocycles. The molecule has 3 nitrogen and oxygen atoms in total. The summed E-state index contributed by atoms with van der Waals surface area (Å²) in [5.74, 6) is 1.13. The summed E-state index contributed by atoms with van der Waals surface area (Å²) in [5.41, 5.74) is 3.38. The normalized spacial score (nSPS) is 15.8. The third kappa shape index (κ3) is 12.0. The largest absolute Gasteiger partial charge is 0.362 e. The molecule has 1 fully saturated rings. The second-order valence-corrected chi connectivity index (χ2v) is 7.35. The van der Waals surface area contributed by atoms with Crippen molar-refractivity contribution in [1.82, 2.24) is 5.32 Å². The van der Waals surface area contributed by atoms with Gasteiger partial charge in [0.2, 0.25) is 0 Å². The van der Waals surface area contributed by atoms with Gasteiger partial charge in [-0.1, -0.05) is 78.6 Å². The number of ether oxygens (including phenoxy) is 1. The van der Waals surface area contributed by atoms with Crippen LogP contribution in [0.2, 0.25) is 0 Å². The van der Waals surface area contributed by atoms with Crippen LogP contribution in [-0.2, 0) is 37.4 Å². The molecule has 4 heteroatoms. The number of hydrogen-bond acceptors (Lipinski definition) is 3. The summed E-state index contributed by atoms with van der Waals surface area (Å²) in [4.78, 5) is 0. The van der Waals surface area contributed by atoms with Crippen LogP contribution in [0.15, 0.2) is 54.6 Å². The predicted octanol–water partition coefficient (Wildman–Crippen LogP) is 7.10. The van der Waals surface area contributed by atoms with Crippen LogP contribution in [0, 0.1) is 11.3 Å². The van der Waals surface area contributed by atoms with Gasteiger partial charge < -0.3 is 4.74 Å². The van der Waals surface area contributed by atoms with Crippen LogP contribution in [0.1, 0.15) is 84.9 Å². The Morgan fingerprint density at radius 3 is 2.17 bits per heavy atom. The summed E-state index contributed by atoms with van der Waals surface area (Å²) in [6.45, 7) is 9.18. The summed E-state index contributed by atoms with van der Waals surface area (Å²) in [6.07, 6.45) is 1.60. The van der Waals surface area contributed by atoms with Crippen molar-refractivity contribution in [2.24, 2.45) is 0 Å². The molecule has 0 heterocycles. The summed E-state index contributed by atoms with van der Waals surface area (Å²) in [6, 6.07) is 21.0. The standard InChI is InChI=1S/C13H19NO.C10H11N.3CH4.Y/c1-10(2)14-9-15-13-8-12(13)11-6-4-3-5-7-11;1-8(2)10-5-3-4-9(6-10)7-11;;;;/h3-7,10,12-14H,8-9H2,1-2H3;3-6,8H,1-2H3;3*1H4;. The van der Waals surface area contributed by atoms with Crippen LogP contribution in [-0.4, -0.2) is 18.9 Å². The Kier molecular flexibility index (Phi) is 19.7. The summed E-state index contributed by atoms with van der Waals surface area (Å²) < 4.78 is 5.72. The molecule has 0 saturated heterocycles. The van der Waals surface area contributed by atoms with Gasteiger partial charge in [-0.25, -0.2) is 0 Å². The van der Waals surface area contributed by atoms with E-state index < -0.39 is 0 Å². The van der Waals surface area contributed by atoms with E-state index in [4.69, 9.17) is 10.00 Å². The SMILES string of the molecule is C.C.C.CC(C)NCOC1CC1c1ccccc1.CC(C)c1cccc(C#N)c1.[Y]. The van der Waals surface area contributed by atoms with E-state index in [0.717, 1.165) is 5.56 Å². The third-order valence-electron chi connectivity index (χ3n) is 4.43. The first-order chi connectivity index (χ1) is 12.5. The zero-order valence-corrected chi connectivity index (χ0v) is 19.7. The Bertz CT molecular complexity index is 710. The summed E-state index contributed by atoms with van der Waals surface area (Å²) in [5, 5.41) is 11.9. The molecule has 3 rings (SSSR count). The predicted molar refractivity (Wildman–Crippen MR) is 127 cm³/mol. The fourth-order valence-corrected chi connectivity index (χ4v) is 2.70. The van der Waals surface area contributed by atoms with Gasteiger partial charge in [-0.05, 0) is 49.4 Å². The van der Waals surface area contributed by atoms with Crippen molar-refractivity contribution >= 4 is 0 Å². The molecule has 1 saturated carbocycles. The van der Waals surface area contributed by atoms with Gasteiger partial charge in [-0.3, -0.25) is 5.32 Å². The molecular formula is C26H42N2OY. The zero-order chi connectivity index (χ0) is 18.9. The van der Waals surface area contributed by atoms with E-state index in [-0.39, 0.29) is 55.0 Å². The van der Waals surface area contributed by atoms with Crippen molar-refractivity contribution < 1.29 is 37.4 Å². The van der Waals surface area contributed by atoms with Crippen LogP contribution in [0.4, 0.5) is 0 Å². The number of rotatable bonds is 6. The van der Waals surface area contributed by atoms with E-state index in [2.05, 4.69) is 69.4 Å². The first-order valence-corrected chi connectivity index (χ1v) is 9.41. The van der Waals surface area contributed by atoms with Gasteiger partial charge in [-0.15, -0.1) is 0 Å². The maximum Gasteiger partial charge on any atom is 0.0991 e. The van der Waals surface area contributed by atoms with Gasteiger partial charge in [0.15, 0.2) is 0 Å². The number of nitrogens with one attached hydrogen (secondary N) is 1. The van der Waals surface area contributed by atoms with E-state index >= 15 is 0 Å². The average Bonchev–Trinajstić information content (AvgIpc) is 3.42. The minimum absolute atomic E-state index is 0. The van der Waals surface area contributed by atoms with Crippen LogP contribution < -0.4 is 5.32 Å². The molecule has 0 aliphatic heterocycles. The van der Waals surface area contributed by atoms with Crippen molar-refractivity contribution in [3.8, 4) is 6.07 Å². The Morgan fingerprint density at radius 2 is 1.63 bits per heavy atom. The van der Waals surface area contributed by atoms with Crippen LogP contribution in [0.5, 0.6) is 0 Å². The topological polar surface area (TPSA) is 45.0 Å². The molecule has 1 aliphatic rings. The summed E-state index contributed by atoms with van der Waals surface area (Å²) in [7, 11) is 0. The molecule has 0 spiro atoms. The number of hydrogen-bond donors (Lipinski definition) is 1. The molecule has 165 valence electrons. The quantitative estimate of drug-likeness (QED) is 0.442. The van der Waals surface area contributed by atoms with Gasteiger partial charge >= 0.3 is 0 Å². The third-order valence-corrected chi connectivity index (χ3v) is 4.43. The van der Waals surface area contributed by atoms with Crippen molar-refractivity contribution in [1.29, 1.82) is 5.26 Å². The van der Waals surface area contributed by atoms with E-state index in [0.29, 0.717) is 30.7 Å². The molecule has 2 unspecified atom stereocenters. The Balaban J connectivity index is -0.000000444. The van der Waals surface area contributed by atoms with Gasteiger partial charge in [-0.2, -0.15) is 5.26 Å². The fourth-order valence-electron chi connectivity index (χ4n) is 2.70. The Labute approximate surface area is 211 Å². The summed E-state index contributed by atoms with van der Waals surface area (Å²) >= 11 is 0. The maximum atomic E-state index is 8.59. The minimum Gasteiger partial charge on any atom is -0.362 e. The van der Waals surface area contributed by atoms with E-state index in [1.165, 1.54) is 17.5 Å². The van der Waals surface area contributed by atoms with Crippen LogP contribution >= 0.6 is 0 Å². The molecule has 1 N–H and O–H groups in total. The number of benzene rings is 2. The van der Waals surface area contributed by atoms with E-state index in [1.54, 1.807) is 0 Å². The molecule has 30 heavy (non-hydrogen) atoms. The van der Waals surface area contributed by atoms with Gasteiger partial charge in [0, 0.05) is 44.7 Å². The second-order valence-electron chi connectivity index (χ2n) is 7.35. The van der Waals surface area contributed by atoms with Crippen molar-refractivity contribution in [2.75, 3.05) is 6.73 Å².